The maximum absolute atomic E-state index is 12.5. The zero-order valence-corrected chi connectivity index (χ0v) is 15.3. The van der Waals surface area contributed by atoms with E-state index in [1.807, 2.05) is 25.1 Å². The van der Waals surface area contributed by atoms with E-state index in [0.29, 0.717) is 5.69 Å². The van der Waals surface area contributed by atoms with Crippen LogP contribution in [0.3, 0.4) is 0 Å². The van der Waals surface area contributed by atoms with Crippen LogP contribution in [-0.2, 0) is 10.0 Å². The van der Waals surface area contributed by atoms with Gasteiger partial charge in [-0.3, -0.25) is 4.72 Å². The Bertz CT molecular complexity index is 815. The van der Waals surface area contributed by atoms with Crippen LogP contribution in [0, 0.1) is 6.92 Å². The van der Waals surface area contributed by atoms with Crippen molar-refractivity contribution in [2.75, 3.05) is 22.7 Å². The number of hydrogen-bond acceptors (Lipinski definition) is 3. The summed E-state index contributed by atoms with van der Waals surface area (Å²) in [5, 5.41) is 0. The van der Waals surface area contributed by atoms with E-state index < -0.39 is 10.0 Å². The summed E-state index contributed by atoms with van der Waals surface area (Å²) >= 11 is 3.30. The van der Waals surface area contributed by atoms with Crippen molar-refractivity contribution in [3.63, 3.8) is 0 Å². The van der Waals surface area contributed by atoms with Gasteiger partial charge in [0, 0.05) is 23.2 Å². The molecule has 1 N–H and O–H groups in total. The first kappa shape index (κ1) is 16.3. The summed E-state index contributed by atoms with van der Waals surface area (Å²) in [5.74, 6) is 0. The molecule has 4 nitrogen and oxygen atoms in total. The van der Waals surface area contributed by atoms with Crippen LogP contribution in [0.15, 0.2) is 51.8 Å². The molecule has 0 radical (unpaired) electrons. The van der Waals surface area contributed by atoms with Crippen molar-refractivity contribution in [2.45, 2.75) is 24.7 Å². The largest absolute Gasteiger partial charge is 0.372 e. The minimum Gasteiger partial charge on any atom is -0.372 e. The first-order chi connectivity index (χ1) is 11.0. The quantitative estimate of drug-likeness (QED) is 0.846. The lowest BCUT2D eigenvalue weighted by atomic mass is 10.2. The van der Waals surface area contributed by atoms with E-state index in [-0.39, 0.29) is 4.90 Å². The number of sulfonamides is 1. The Kier molecular flexibility index (Phi) is 4.64. The first-order valence-corrected chi connectivity index (χ1v) is 9.87. The highest BCUT2D eigenvalue weighted by molar-refractivity contribution is 9.10. The number of halogens is 1. The SMILES string of the molecule is Cc1cc(N2CCCC2)ccc1NS(=O)(=O)c1cccc(Br)c1. The van der Waals surface area contributed by atoms with Gasteiger partial charge >= 0.3 is 0 Å². The predicted molar refractivity (Wildman–Crippen MR) is 97.6 cm³/mol. The Labute approximate surface area is 145 Å². The molecule has 1 saturated heterocycles. The minimum absolute atomic E-state index is 0.245. The average molecular weight is 395 g/mol. The standard InChI is InChI=1S/C17H19BrN2O2S/c1-13-11-15(20-9-2-3-10-20)7-8-17(13)19-23(21,22)16-6-4-5-14(18)12-16/h4-8,11-12,19H,2-3,9-10H2,1H3. The fourth-order valence-corrected chi connectivity index (χ4v) is 4.50. The topological polar surface area (TPSA) is 49.4 Å². The van der Waals surface area contributed by atoms with E-state index in [9.17, 15) is 8.42 Å². The maximum atomic E-state index is 12.5. The number of aryl methyl sites for hydroxylation is 1. The summed E-state index contributed by atoms with van der Waals surface area (Å²) in [6, 6.07) is 12.6. The van der Waals surface area contributed by atoms with Gasteiger partial charge in [-0.05, 0) is 61.7 Å². The molecule has 0 atom stereocenters. The molecule has 3 rings (SSSR count). The van der Waals surface area contributed by atoms with Gasteiger partial charge in [-0.1, -0.05) is 22.0 Å². The molecular weight excluding hydrogens is 376 g/mol. The summed E-state index contributed by atoms with van der Waals surface area (Å²) in [4.78, 5) is 2.58. The zero-order valence-electron chi connectivity index (χ0n) is 12.9. The molecule has 0 unspecified atom stereocenters. The number of anilines is 2. The van der Waals surface area contributed by atoms with Gasteiger partial charge < -0.3 is 4.90 Å². The normalized spacial score (nSPS) is 15.0. The van der Waals surface area contributed by atoms with Crippen LogP contribution in [0.5, 0.6) is 0 Å². The molecule has 1 heterocycles. The predicted octanol–water partition coefficient (Wildman–Crippen LogP) is 4.16. The highest BCUT2D eigenvalue weighted by atomic mass is 79.9. The molecule has 0 spiro atoms. The minimum atomic E-state index is -3.58. The average Bonchev–Trinajstić information content (AvgIpc) is 3.03. The number of rotatable bonds is 4. The summed E-state index contributed by atoms with van der Waals surface area (Å²) in [5.41, 5.74) is 2.70. The maximum Gasteiger partial charge on any atom is 0.261 e. The lowest BCUT2D eigenvalue weighted by Gasteiger charge is -2.19. The molecule has 122 valence electrons. The van der Waals surface area contributed by atoms with Gasteiger partial charge in [0.2, 0.25) is 0 Å². The number of hydrogen-bond donors (Lipinski definition) is 1. The van der Waals surface area contributed by atoms with E-state index in [1.54, 1.807) is 24.3 Å². The fraction of sp³-hybridized carbons (Fsp3) is 0.294. The van der Waals surface area contributed by atoms with Crippen LogP contribution in [-0.4, -0.2) is 21.5 Å². The van der Waals surface area contributed by atoms with Crippen molar-refractivity contribution in [2.24, 2.45) is 0 Å². The van der Waals surface area contributed by atoms with Gasteiger partial charge in [-0.2, -0.15) is 0 Å². The van der Waals surface area contributed by atoms with E-state index >= 15 is 0 Å². The molecule has 0 aromatic heterocycles. The lowest BCUT2D eigenvalue weighted by molar-refractivity contribution is 0.601. The molecule has 23 heavy (non-hydrogen) atoms. The van der Waals surface area contributed by atoms with Gasteiger partial charge in [0.25, 0.3) is 10.0 Å². The smallest absolute Gasteiger partial charge is 0.261 e. The molecule has 1 fully saturated rings. The Morgan fingerprint density at radius 3 is 2.48 bits per heavy atom. The molecule has 6 heteroatoms. The second-order valence-corrected chi connectivity index (χ2v) is 8.35. The van der Waals surface area contributed by atoms with E-state index in [0.717, 1.165) is 28.8 Å². The summed E-state index contributed by atoms with van der Waals surface area (Å²) in [7, 11) is -3.58. The summed E-state index contributed by atoms with van der Waals surface area (Å²) in [6.45, 7) is 4.07. The van der Waals surface area contributed by atoms with Crippen LogP contribution in [0.4, 0.5) is 11.4 Å². The van der Waals surface area contributed by atoms with Crippen LogP contribution in [0.25, 0.3) is 0 Å². The first-order valence-electron chi connectivity index (χ1n) is 7.60. The highest BCUT2D eigenvalue weighted by Crippen LogP contribution is 2.27. The molecule has 0 bridgehead atoms. The Balaban J connectivity index is 1.84. The van der Waals surface area contributed by atoms with Gasteiger partial charge in [0.05, 0.1) is 10.6 Å². The number of nitrogens with zero attached hydrogens (tertiary/aromatic N) is 1. The van der Waals surface area contributed by atoms with Crippen LogP contribution in [0.2, 0.25) is 0 Å². The summed E-state index contributed by atoms with van der Waals surface area (Å²) in [6.07, 6.45) is 2.44. The Morgan fingerprint density at radius 2 is 1.83 bits per heavy atom. The molecule has 1 aliphatic heterocycles. The van der Waals surface area contributed by atoms with Crippen LogP contribution in [0.1, 0.15) is 18.4 Å². The van der Waals surface area contributed by atoms with Crippen LogP contribution < -0.4 is 9.62 Å². The van der Waals surface area contributed by atoms with Crippen LogP contribution >= 0.6 is 15.9 Å². The molecule has 0 aliphatic carbocycles. The fourth-order valence-electron chi connectivity index (χ4n) is 2.77. The van der Waals surface area contributed by atoms with Crippen molar-refractivity contribution in [1.29, 1.82) is 0 Å². The van der Waals surface area contributed by atoms with Crippen molar-refractivity contribution >= 4 is 37.3 Å². The third-order valence-electron chi connectivity index (χ3n) is 4.03. The molecule has 0 saturated carbocycles. The third-order valence-corrected chi connectivity index (χ3v) is 5.89. The molecule has 1 aliphatic rings. The van der Waals surface area contributed by atoms with Gasteiger partial charge in [-0.15, -0.1) is 0 Å². The Hall–Kier alpha value is -1.53. The summed E-state index contributed by atoms with van der Waals surface area (Å²) < 4.78 is 28.4. The Morgan fingerprint density at radius 1 is 1.09 bits per heavy atom. The third kappa shape index (κ3) is 3.70. The van der Waals surface area contributed by atoms with E-state index in [1.165, 1.54) is 12.8 Å². The number of benzene rings is 2. The van der Waals surface area contributed by atoms with Crippen molar-refractivity contribution < 1.29 is 8.42 Å². The number of nitrogens with one attached hydrogen (secondary N) is 1. The molecule has 0 amide bonds. The second kappa shape index (κ2) is 6.53. The molecular formula is C17H19BrN2O2S. The van der Waals surface area contributed by atoms with Crippen molar-refractivity contribution in [3.8, 4) is 0 Å². The van der Waals surface area contributed by atoms with Crippen molar-refractivity contribution in [1.82, 2.24) is 0 Å². The van der Waals surface area contributed by atoms with E-state index in [2.05, 4.69) is 25.6 Å². The van der Waals surface area contributed by atoms with Crippen molar-refractivity contribution in [3.05, 3.63) is 52.5 Å². The second-order valence-electron chi connectivity index (χ2n) is 5.76. The lowest BCUT2D eigenvalue weighted by Crippen LogP contribution is -2.18. The van der Waals surface area contributed by atoms with Gasteiger partial charge in [0.1, 0.15) is 0 Å². The van der Waals surface area contributed by atoms with E-state index in [4.69, 9.17) is 0 Å². The molecule has 2 aromatic carbocycles. The van der Waals surface area contributed by atoms with Gasteiger partial charge in [-0.25, -0.2) is 8.42 Å². The molecule has 2 aromatic rings. The van der Waals surface area contributed by atoms with Gasteiger partial charge in [0.15, 0.2) is 0 Å². The monoisotopic (exact) mass is 394 g/mol. The highest BCUT2D eigenvalue weighted by Gasteiger charge is 2.17. The zero-order chi connectivity index (χ0) is 16.4.